The summed E-state index contributed by atoms with van der Waals surface area (Å²) in [6.07, 6.45) is 1.49. The maximum Gasteiger partial charge on any atom is 0.308 e. The lowest BCUT2D eigenvalue weighted by atomic mass is 10.0. The van der Waals surface area contributed by atoms with Crippen molar-refractivity contribution in [3.8, 4) is 0 Å². The van der Waals surface area contributed by atoms with Gasteiger partial charge in [-0.15, -0.1) is 0 Å². The van der Waals surface area contributed by atoms with Gasteiger partial charge in [-0.25, -0.2) is 13.1 Å². The van der Waals surface area contributed by atoms with Gasteiger partial charge in [0.2, 0.25) is 10.0 Å². The highest BCUT2D eigenvalue weighted by Crippen LogP contribution is 2.25. The molecule has 1 heterocycles. The summed E-state index contributed by atoms with van der Waals surface area (Å²) in [5.41, 5.74) is 2.86. The fraction of sp³-hybridized carbons (Fsp3) is 0.350. The number of aryl methyl sites for hydroxylation is 2. The number of thiazole rings is 1. The lowest BCUT2D eigenvalue weighted by molar-refractivity contribution is 0.550. The largest absolute Gasteiger partial charge is 0.308 e. The van der Waals surface area contributed by atoms with E-state index in [-0.39, 0.29) is 15.8 Å². The third-order valence-corrected chi connectivity index (χ3v) is 6.99. The van der Waals surface area contributed by atoms with Crippen LogP contribution in [0.1, 0.15) is 43.9 Å². The molecule has 0 saturated heterocycles. The Morgan fingerprint density at radius 3 is 2.44 bits per heavy atom. The maximum atomic E-state index is 12.9. The van der Waals surface area contributed by atoms with Crippen LogP contribution in [0.2, 0.25) is 0 Å². The monoisotopic (exact) mass is 404 g/mol. The predicted octanol–water partition coefficient (Wildman–Crippen LogP) is 4.21. The molecule has 1 aromatic heterocycles. The Balaban J connectivity index is 1.94. The van der Waals surface area contributed by atoms with E-state index in [0.717, 1.165) is 34.4 Å². The third-order valence-electron chi connectivity index (χ3n) is 4.58. The molecule has 0 amide bonds. The van der Waals surface area contributed by atoms with Gasteiger partial charge in [0, 0.05) is 12.6 Å². The third kappa shape index (κ3) is 4.15. The summed E-state index contributed by atoms with van der Waals surface area (Å²) in [5.74, 6) is 0. The highest BCUT2D eigenvalue weighted by Gasteiger charge is 2.21. The number of nitrogens with zero attached hydrogens (tertiary/aromatic N) is 1. The molecule has 5 nitrogen and oxygen atoms in total. The number of benzene rings is 2. The van der Waals surface area contributed by atoms with E-state index in [1.54, 1.807) is 22.8 Å². The molecule has 0 radical (unpaired) electrons. The molecule has 1 N–H and O–H groups in total. The van der Waals surface area contributed by atoms with Crippen LogP contribution in [0, 0.1) is 6.92 Å². The summed E-state index contributed by atoms with van der Waals surface area (Å²) in [7, 11) is -3.69. The fourth-order valence-corrected chi connectivity index (χ4v) is 5.46. The molecule has 0 aliphatic rings. The molecule has 2 aromatic carbocycles. The predicted molar refractivity (Wildman–Crippen MR) is 111 cm³/mol. The molecule has 0 fully saturated rings. The van der Waals surface area contributed by atoms with E-state index in [4.69, 9.17) is 0 Å². The maximum absolute atomic E-state index is 12.9. The van der Waals surface area contributed by atoms with Crippen LogP contribution in [-0.2, 0) is 16.6 Å². The van der Waals surface area contributed by atoms with E-state index in [1.165, 1.54) is 0 Å². The molecule has 3 rings (SSSR count). The Morgan fingerprint density at radius 1 is 1.11 bits per heavy atom. The number of aromatic nitrogens is 1. The average molecular weight is 405 g/mol. The molecule has 0 spiro atoms. The molecule has 0 bridgehead atoms. The van der Waals surface area contributed by atoms with Crippen molar-refractivity contribution in [3.05, 3.63) is 63.3 Å². The van der Waals surface area contributed by atoms with Crippen molar-refractivity contribution in [2.24, 2.45) is 0 Å². The van der Waals surface area contributed by atoms with E-state index in [9.17, 15) is 13.2 Å². The number of hydrogen-bond acceptors (Lipinski definition) is 4. The lowest BCUT2D eigenvalue weighted by Crippen LogP contribution is -2.28. The molecule has 0 unspecified atom stereocenters. The summed E-state index contributed by atoms with van der Waals surface area (Å²) >= 11 is 1.09. The summed E-state index contributed by atoms with van der Waals surface area (Å²) in [6.45, 7) is 6.59. The molecule has 3 aromatic rings. The zero-order valence-corrected chi connectivity index (χ0v) is 17.4. The number of fused-ring (bicyclic) bond motifs is 1. The molecular formula is C20H24N2O3S2. The summed E-state index contributed by atoms with van der Waals surface area (Å²) < 4.78 is 31.0. The van der Waals surface area contributed by atoms with E-state index >= 15 is 0 Å². The van der Waals surface area contributed by atoms with Crippen LogP contribution in [0.4, 0.5) is 0 Å². The van der Waals surface area contributed by atoms with E-state index in [1.807, 2.05) is 45.0 Å². The first-order valence-corrected chi connectivity index (χ1v) is 11.4. The normalized spacial score (nSPS) is 13.1. The van der Waals surface area contributed by atoms with Crippen LogP contribution < -0.4 is 9.60 Å². The summed E-state index contributed by atoms with van der Waals surface area (Å²) in [4.78, 5) is 12.3. The van der Waals surface area contributed by atoms with Crippen molar-refractivity contribution < 1.29 is 8.42 Å². The van der Waals surface area contributed by atoms with Gasteiger partial charge >= 0.3 is 4.87 Å². The SMILES string of the molecule is CCCn1c(=O)sc2cc(S(=O)(=O)N[C@H](CC)c3ccc(C)cc3)ccc21. The van der Waals surface area contributed by atoms with Crippen LogP contribution in [0.25, 0.3) is 10.2 Å². The van der Waals surface area contributed by atoms with Crippen molar-refractivity contribution in [3.63, 3.8) is 0 Å². The van der Waals surface area contributed by atoms with Gasteiger partial charge in [0.1, 0.15) is 0 Å². The van der Waals surface area contributed by atoms with Crippen molar-refractivity contribution >= 4 is 31.6 Å². The van der Waals surface area contributed by atoms with Crippen molar-refractivity contribution in [2.75, 3.05) is 0 Å². The minimum atomic E-state index is -3.69. The highest BCUT2D eigenvalue weighted by atomic mass is 32.2. The van der Waals surface area contributed by atoms with Crippen LogP contribution in [0.3, 0.4) is 0 Å². The zero-order valence-electron chi connectivity index (χ0n) is 15.7. The van der Waals surface area contributed by atoms with Crippen LogP contribution in [0.15, 0.2) is 52.2 Å². The Kier molecular flexibility index (Phi) is 5.83. The summed E-state index contributed by atoms with van der Waals surface area (Å²) in [5, 5.41) is 0. The molecule has 27 heavy (non-hydrogen) atoms. The molecule has 7 heteroatoms. The van der Waals surface area contributed by atoms with Crippen molar-refractivity contribution in [2.45, 2.75) is 51.1 Å². The molecule has 0 aliphatic carbocycles. The van der Waals surface area contributed by atoms with Crippen molar-refractivity contribution in [1.29, 1.82) is 0 Å². The van der Waals surface area contributed by atoms with E-state index in [0.29, 0.717) is 17.7 Å². The second-order valence-electron chi connectivity index (χ2n) is 6.64. The van der Waals surface area contributed by atoms with Gasteiger partial charge in [-0.3, -0.25) is 9.36 Å². The number of sulfonamides is 1. The van der Waals surface area contributed by atoms with Crippen LogP contribution in [0.5, 0.6) is 0 Å². The first-order valence-electron chi connectivity index (χ1n) is 9.08. The minimum Gasteiger partial charge on any atom is -0.299 e. The topological polar surface area (TPSA) is 68.2 Å². The molecular weight excluding hydrogens is 380 g/mol. The Morgan fingerprint density at radius 2 is 1.81 bits per heavy atom. The second kappa shape index (κ2) is 7.96. The molecule has 1 atom stereocenters. The Hall–Kier alpha value is -1.96. The molecule has 0 aliphatic heterocycles. The Labute approximate surface area is 163 Å². The first-order chi connectivity index (χ1) is 12.9. The van der Waals surface area contributed by atoms with Gasteiger partial charge in [-0.05, 0) is 43.5 Å². The Bertz CT molecular complexity index is 1100. The second-order valence-corrected chi connectivity index (χ2v) is 9.35. The van der Waals surface area contributed by atoms with E-state index < -0.39 is 10.0 Å². The smallest absolute Gasteiger partial charge is 0.299 e. The molecule has 0 saturated carbocycles. The van der Waals surface area contributed by atoms with Crippen molar-refractivity contribution in [1.82, 2.24) is 9.29 Å². The zero-order chi connectivity index (χ0) is 19.6. The quantitative estimate of drug-likeness (QED) is 0.641. The summed E-state index contributed by atoms with van der Waals surface area (Å²) in [6, 6.07) is 12.5. The average Bonchev–Trinajstić information content (AvgIpc) is 2.96. The van der Waals surface area contributed by atoms with Crippen LogP contribution in [-0.4, -0.2) is 13.0 Å². The van der Waals surface area contributed by atoms with Gasteiger partial charge in [-0.2, -0.15) is 0 Å². The first kappa shape index (κ1) is 19.8. The number of rotatable bonds is 7. The van der Waals surface area contributed by atoms with Gasteiger partial charge < -0.3 is 0 Å². The fourth-order valence-electron chi connectivity index (χ4n) is 3.09. The number of nitrogens with one attached hydrogen (secondary N) is 1. The van der Waals surface area contributed by atoms with E-state index in [2.05, 4.69) is 4.72 Å². The van der Waals surface area contributed by atoms with Crippen LogP contribution >= 0.6 is 11.3 Å². The molecule has 144 valence electrons. The van der Waals surface area contributed by atoms with Gasteiger partial charge in [0.05, 0.1) is 15.1 Å². The van der Waals surface area contributed by atoms with Gasteiger partial charge in [0.15, 0.2) is 0 Å². The number of hydrogen-bond donors (Lipinski definition) is 1. The van der Waals surface area contributed by atoms with Gasteiger partial charge in [-0.1, -0.05) is 55.0 Å². The standard InChI is InChI=1S/C20H24N2O3S2/c1-4-12-22-18-11-10-16(13-19(18)26-20(22)23)27(24,25)21-17(5-2)15-8-6-14(3)7-9-15/h6-11,13,17,21H,4-5,12H2,1-3H3/t17-/m1/s1. The van der Waals surface area contributed by atoms with Gasteiger partial charge in [0.25, 0.3) is 0 Å². The minimum absolute atomic E-state index is 0.0551. The lowest BCUT2D eigenvalue weighted by Gasteiger charge is -2.18. The highest BCUT2D eigenvalue weighted by molar-refractivity contribution is 7.89.